The van der Waals surface area contributed by atoms with E-state index in [4.69, 9.17) is 0 Å². The van der Waals surface area contributed by atoms with Crippen LogP contribution in [0.1, 0.15) is 40.5 Å². The number of nitrogens with zero attached hydrogens (tertiary/aromatic N) is 1. The van der Waals surface area contributed by atoms with Crippen LogP contribution in [0.3, 0.4) is 0 Å². The molecule has 0 aromatic heterocycles. The second-order valence-electron chi connectivity index (χ2n) is 5.42. The predicted octanol–water partition coefficient (Wildman–Crippen LogP) is 2.11. The molecule has 0 spiro atoms. The Bertz CT molecular complexity index is 265. The van der Waals surface area contributed by atoms with Gasteiger partial charge >= 0.3 is 0 Å². The molecule has 0 N–H and O–H groups in total. The monoisotopic (exact) mass is 225 g/mol. The Balaban J connectivity index is 2.21. The minimum absolute atomic E-state index is 0.0487. The van der Waals surface area contributed by atoms with Crippen molar-refractivity contribution < 1.29 is 9.59 Å². The van der Waals surface area contributed by atoms with Crippen molar-refractivity contribution in [2.24, 2.45) is 17.8 Å². The van der Waals surface area contributed by atoms with Gasteiger partial charge in [-0.05, 0) is 11.8 Å². The van der Waals surface area contributed by atoms with E-state index in [2.05, 4.69) is 13.8 Å². The predicted molar refractivity (Wildman–Crippen MR) is 64.0 cm³/mol. The number of rotatable bonds is 5. The first-order valence-electron chi connectivity index (χ1n) is 6.22. The molecule has 0 aromatic rings. The average Bonchev–Trinajstić information content (AvgIpc) is 2.10. The van der Waals surface area contributed by atoms with Crippen molar-refractivity contribution in [1.82, 2.24) is 4.90 Å². The zero-order chi connectivity index (χ0) is 12.3. The summed E-state index contributed by atoms with van der Waals surface area (Å²) >= 11 is 0. The molecule has 0 unspecified atom stereocenters. The van der Waals surface area contributed by atoms with Gasteiger partial charge in [0.15, 0.2) is 0 Å². The van der Waals surface area contributed by atoms with Crippen LogP contribution in [-0.4, -0.2) is 29.7 Å². The van der Waals surface area contributed by atoms with E-state index in [1.165, 1.54) is 0 Å². The molecule has 1 saturated heterocycles. The molecule has 1 heterocycles. The van der Waals surface area contributed by atoms with Gasteiger partial charge in [-0.3, -0.25) is 9.59 Å². The highest BCUT2D eigenvalue weighted by molar-refractivity contribution is 5.86. The lowest BCUT2D eigenvalue weighted by Gasteiger charge is -2.41. The fraction of sp³-hybridized carbons (Fsp3) is 0.846. The largest absolute Gasteiger partial charge is 0.342 e. The molecule has 92 valence electrons. The highest BCUT2D eigenvalue weighted by Crippen LogP contribution is 2.24. The summed E-state index contributed by atoms with van der Waals surface area (Å²) < 4.78 is 0. The van der Waals surface area contributed by atoms with Crippen LogP contribution in [-0.2, 0) is 9.59 Å². The molecule has 16 heavy (non-hydrogen) atoms. The summed E-state index contributed by atoms with van der Waals surface area (Å²) in [4.78, 5) is 24.9. The van der Waals surface area contributed by atoms with Crippen LogP contribution < -0.4 is 0 Å². The van der Waals surface area contributed by atoms with Gasteiger partial charge < -0.3 is 4.90 Å². The first kappa shape index (κ1) is 13.2. The standard InChI is InChI=1S/C13H23NO2/c1-9(2)11-7-14(8-11)13(16)6-5-12(15)10(3)4/h9-11H,5-8H2,1-4H3. The van der Waals surface area contributed by atoms with E-state index < -0.39 is 0 Å². The lowest BCUT2D eigenvalue weighted by atomic mass is 9.88. The van der Waals surface area contributed by atoms with Crippen LogP contribution in [0.5, 0.6) is 0 Å². The number of hydrogen-bond acceptors (Lipinski definition) is 2. The molecule has 0 radical (unpaired) electrons. The molecule has 3 nitrogen and oxygen atoms in total. The highest BCUT2D eigenvalue weighted by atomic mass is 16.2. The van der Waals surface area contributed by atoms with E-state index in [0.717, 1.165) is 13.1 Å². The summed E-state index contributed by atoms with van der Waals surface area (Å²) in [6.07, 6.45) is 0.793. The SMILES string of the molecule is CC(C)C(=O)CCC(=O)N1CC(C(C)C)C1. The number of amides is 1. The van der Waals surface area contributed by atoms with Crippen molar-refractivity contribution in [3.05, 3.63) is 0 Å². The van der Waals surface area contributed by atoms with Gasteiger partial charge in [-0.15, -0.1) is 0 Å². The lowest BCUT2D eigenvalue weighted by Crippen LogP contribution is -2.51. The van der Waals surface area contributed by atoms with E-state index in [1.54, 1.807) is 0 Å². The molecule has 3 heteroatoms. The highest BCUT2D eigenvalue weighted by Gasteiger charge is 2.32. The fourth-order valence-corrected chi connectivity index (χ4v) is 1.81. The zero-order valence-corrected chi connectivity index (χ0v) is 10.8. The van der Waals surface area contributed by atoms with Gasteiger partial charge in [-0.1, -0.05) is 27.7 Å². The summed E-state index contributed by atoms with van der Waals surface area (Å²) in [5.74, 6) is 1.69. The van der Waals surface area contributed by atoms with Gasteiger partial charge in [-0.2, -0.15) is 0 Å². The Morgan fingerprint density at radius 1 is 1.12 bits per heavy atom. The van der Waals surface area contributed by atoms with Gasteiger partial charge in [0.25, 0.3) is 0 Å². The first-order valence-corrected chi connectivity index (χ1v) is 6.22. The van der Waals surface area contributed by atoms with E-state index in [0.29, 0.717) is 24.7 Å². The van der Waals surface area contributed by atoms with Crippen LogP contribution in [0.2, 0.25) is 0 Å². The molecule has 1 aliphatic heterocycles. The van der Waals surface area contributed by atoms with Crippen molar-refractivity contribution in [3.63, 3.8) is 0 Å². The number of likely N-dealkylation sites (tertiary alicyclic amines) is 1. The van der Waals surface area contributed by atoms with Crippen molar-refractivity contribution in [2.45, 2.75) is 40.5 Å². The Morgan fingerprint density at radius 3 is 2.12 bits per heavy atom. The minimum atomic E-state index is 0.0487. The van der Waals surface area contributed by atoms with Crippen LogP contribution in [0.15, 0.2) is 0 Å². The second-order valence-corrected chi connectivity index (χ2v) is 5.42. The van der Waals surface area contributed by atoms with Crippen molar-refractivity contribution >= 4 is 11.7 Å². The smallest absolute Gasteiger partial charge is 0.223 e. The molecule has 1 fully saturated rings. The summed E-state index contributed by atoms with van der Waals surface area (Å²) in [5, 5.41) is 0. The topological polar surface area (TPSA) is 37.4 Å². The number of ketones is 1. The van der Waals surface area contributed by atoms with Gasteiger partial charge in [-0.25, -0.2) is 0 Å². The molecule has 1 aliphatic rings. The molecule has 0 bridgehead atoms. The van der Waals surface area contributed by atoms with Crippen molar-refractivity contribution in [3.8, 4) is 0 Å². The van der Waals surface area contributed by atoms with Gasteiger partial charge in [0.1, 0.15) is 5.78 Å². The van der Waals surface area contributed by atoms with E-state index in [-0.39, 0.29) is 17.6 Å². The molecular weight excluding hydrogens is 202 g/mol. The van der Waals surface area contributed by atoms with Crippen molar-refractivity contribution in [2.75, 3.05) is 13.1 Å². The Hall–Kier alpha value is -0.860. The summed E-state index contributed by atoms with van der Waals surface area (Å²) in [6.45, 7) is 9.90. The number of carbonyl (C=O) groups excluding carboxylic acids is 2. The maximum absolute atomic E-state index is 11.7. The average molecular weight is 225 g/mol. The third-order valence-electron chi connectivity index (χ3n) is 3.43. The van der Waals surface area contributed by atoms with Crippen molar-refractivity contribution in [1.29, 1.82) is 0 Å². The molecule has 0 aromatic carbocycles. The van der Waals surface area contributed by atoms with Crippen LogP contribution in [0.25, 0.3) is 0 Å². The number of Topliss-reactive ketones (excluding diaryl/α,β-unsaturated/α-hetero) is 1. The maximum Gasteiger partial charge on any atom is 0.223 e. The summed E-state index contributed by atoms with van der Waals surface area (Å²) in [6, 6.07) is 0. The third kappa shape index (κ3) is 3.32. The van der Waals surface area contributed by atoms with Gasteiger partial charge in [0.05, 0.1) is 0 Å². The summed E-state index contributed by atoms with van der Waals surface area (Å²) in [5.41, 5.74) is 0. The van der Waals surface area contributed by atoms with Gasteiger partial charge in [0.2, 0.25) is 5.91 Å². The molecule has 0 aliphatic carbocycles. The molecule has 1 amide bonds. The second kappa shape index (κ2) is 5.46. The van der Waals surface area contributed by atoms with E-state index in [9.17, 15) is 9.59 Å². The van der Waals surface area contributed by atoms with Gasteiger partial charge in [0, 0.05) is 31.8 Å². The Kier molecular flexibility index (Phi) is 4.51. The normalized spacial score (nSPS) is 16.8. The zero-order valence-electron chi connectivity index (χ0n) is 10.8. The van der Waals surface area contributed by atoms with Crippen LogP contribution in [0.4, 0.5) is 0 Å². The number of hydrogen-bond donors (Lipinski definition) is 0. The molecular formula is C13H23NO2. The Morgan fingerprint density at radius 2 is 1.69 bits per heavy atom. The third-order valence-corrected chi connectivity index (χ3v) is 3.43. The number of carbonyl (C=O) groups is 2. The minimum Gasteiger partial charge on any atom is -0.342 e. The quantitative estimate of drug-likeness (QED) is 0.718. The van der Waals surface area contributed by atoms with Crippen LogP contribution in [0, 0.1) is 17.8 Å². The van der Waals surface area contributed by atoms with E-state index in [1.807, 2.05) is 18.7 Å². The molecule has 1 rings (SSSR count). The Labute approximate surface area is 98.2 Å². The van der Waals surface area contributed by atoms with Crippen LogP contribution >= 0.6 is 0 Å². The molecule has 0 atom stereocenters. The lowest BCUT2D eigenvalue weighted by molar-refractivity contribution is -0.140. The first-order chi connectivity index (χ1) is 7.41. The summed E-state index contributed by atoms with van der Waals surface area (Å²) in [7, 11) is 0. The molecule has 0 saturated carbocycles. The fourth-order valence-electron chi connectivity index (χ4n) is 1.81. The van der Waals surface area contributed by atoms with E-state index >= 15 is 0 Å². The maximum atomic E-state index is 11.7.